The standard InChI is InChI=1S/C16H27N3O/c1-5-8-17-10-14-7-6-9-18-15(14)19-11-13(2)20-16(3,4)12-19/h6-7,9,13,17H,5,8,10-12H2,1-4H3. The van der Waals surface area contributed by atoms with E-state index in [1.807, 2.05) is 12.3 Å². The van der Waals surface area contributed by atoms with Crippen molar-refractivity contribution in [1.82, 2.24) is 10.3 Å². The van der Waals surface area contributed by atoms with Crippen LogP contribution in [-0.4, -0.2) is 36.3 Å². The zero-order valence-electron chi connectivity index (χ0n) is 13.1. The van der Waals surface area contributed by atoms with Crippen LogP contribution in [0.4, 0.5) is 5.82 Å². The number of aromatic nitrogens is 1. The van der Waals surface area contributed by atoms with E-state index in [1.54, 1.807) is 0 Å². The van der Waals surface area contributed by atoms with Gasteiger partial charge in [0, 0.05) is 31.4 Å². The molecule has 0 aromatic carbocycles. The highest BCUT2D eigenvalue weighted by molar-refractivity contribution is 5.47. The summed E-state index contributed by atoms with van der Waals surface area (Å²) in [6.07, 6.45) is 3.26. The average Bonchev–Trinajstić information content (AvgIpc) is 2.37. The lowest BCUT2D eigenvalue weighted by Crippen LogP contribution is -2.52. The van der Waals surface area contributed by atoms with Crippen LogP contribution in [0.2, 0.25) is 0 Å². The Balaban J connectivity index is 2.14. The topological polar surface area (TPSA) is 37.4 Å². The normalized spacial score (nSPS) is 22.0. The monoisotopic (exact) mass is 277 g/mol. The summed E-state index contributed by atoms with van der Waals surface area (Å²) in [6, 6.07) is 4.18. The van der Waals surface area contributed by atoms with Crippen LogP contribution in [0.3, 0.4) is 0 Å². The fourth-order valence-corrected chi connectivity index (χ4v) is 2.87. The summed E-state index contributed by atoms with van der Waals surface area (Å²) in [5, 5.41) is 3.46. The number of morpholine rings is 1. The van der Waals surface area contributed by atoms with Gasteiger partial charge in [0.15, 0.2) is 0 Å². The van der Waals surface area contributed by atoms with E-state index in [-0.39, 0.29) is 11.7 Å². The van der Waals surface area contributed by atoms with E-state index >= 15 is 0 Å². The van der Waals surface area contributed by atoms with Crippen LogP contribution < -0.4 is 10.2 Å². The van der Waals surface area contributed by atoms with Gasteiger partial charge in [-0.2, -0.15) is 0 Å². The Labute approximate surface area is 122 Å². The number of nitrogens with one attached hydrogen (secondary N) is 1. The van der Waals surface area contributed by atoms with E-state index in [0.29, 0.717) is 0 Å². The van der Waals surface area contributed by atoms with Crippen molar-refractivity contribution < 1.29 is 4.74 Å². The molecule has 1 aliphatic rings. The van der Waals surface area contributed by atoms with Crippen molar-refractivity contribution in [2.24, 2.45) is 0 Å². The Hall–Kier alpha value is -1.13. The lowest BCUT2D eigenvalue weighted by atomic mass is 10.0. The fraction of sp³-hybridized carbons (Fsp3) is 0.688. The maximum Gasteiger partial charge on any atom is 0.133 e. The highest BCUT2D eigenvalue weighted by Crippen LogP contribution is 2.26. The van der Waals surface area contributed by atoms with Gasteiger partial charge in [0.05, 0.1) is 11.7 Å². The van der Waals surface area contributed by atoms with Crippen LogP contribution in [-0.2, 0) is 11.3 Å². The minimum atomic E-state index is -0.122. The summed E-state index contributed by atoms with van der Waals surface area (Å²) in [6.45, 7) is 12.3. The van der Waals surface area contributed by atoms with E-state index in [4.69, 9.17) is 4.74 Å². The van der Waals surface area contributed by atoms with Crippen molar-refractivity contribution in [1.29, 1.82) is 0 Å². The highest BCUT2D eigenvalue weighted by Gasteiger charge is 2.32. The Morgan fingerprint density at radius 3 is 3.00 bits per heavy atom. The first-order valence-corrected chi connectivity index (χ1v) is 7.59. The Bertz CT molecular complexity index is 433. The largest absolute Gasteiger partial charge is 0.369 e. The molecule has 1 aliphatic heterocycles. The third kappa shape index (κ3) is 3.93. The summed E-state index contributed by atoms with van der Waals surface area (Å²) in [5.41, 5.74) is 1.15. The molecule has 0 radical (unpaired) electrons. The lowest BCUT2D eigenvalue weighted by Gasteiger charge is -2.42. The third-order valence-corrected chi connectivity index (χ3v) is 3.48. The van der Waals surface area contributed by atoms with Crippen molar-refractivity contribution in [3.63, 3.8) is 0 Å². The van der Waals surface area contributed by atoms with Gasteiger partial charge >= 0.3 is 0 Å². The van der Waals surface area contributed by atoms with E-state index in [0.717, 1.165) is 38.4 Å². The molecular weight excluding hydrogens is 250 g/mol. The maximum absolute atomic E-state index is 5.98. The first-order valence-electron chi connectivity index (χ1n) is 7.59. The van der Waals surface area contributed by atoms with Crippen LogP contribution in [0, 0.1) is 0 Å². The highest BCUT2D eigenvalue weighted by atomic mass is 16.5. The SMILES string of the molecule is CCCNCc1cccnc1N1CC(C)OC(C)(C)C1. The minimum Gasteiger partial charge on any atom is -0.369 e. The van der Waals surface area contributed by atoms with Crippen molar-refractivity contribution in [2.75, 3.05) is 24.5 Å². The first kappa shape index (κ1) is 15.3. The van der Waals surface area contributed by atoms with Crippen LogP contribution in [0.25, 0.3) is 0 Å². The molecule has 1 saturated heterocycles. The van der Waals surface area contributed by atoms with Gasteiger partial charge in [0.25, 0.3) is 0 Å². The molecule has 1 aromatic rings. The Kier molecular flexibility index (Phi) is 5.00. The molecule has 112 valence electrons. The van der Waals surface area contributed by atoms with E-state index in [2.05, 4.69) is 49.0 Å². The molecule has 2 rings (SSSR count). The molecule has 1 N–H and O–H groups in total. The van der Waals surface area contributed by atoms with Gasteiger partial charge in [-0.25, -0.2) is 4.98 Å². The molecule has 0 saturated carbocycles. The lowest BCUT2D eigenvalue weighted by molar-refractivity contribution is -0.0752. The molecule has 0 bridgehead atoms. The first-order chi connectivity index (χ1) is 9.52. The average molecular weight is 277 g/mol. The Morgan fingerprint density at radius 2 is 2.30 bits per heavy atom. The van der Waals surface area contributed by atoms with E-state index < -0.39 is 0 Å². The number of hydrogen-bond acceptors (Lipinski definition) is 4. The quantitative estimate of drug-likeness (QED) is 0.840. The molecular formula is C16H27N3O. The summed E-state index contributed by atoms with van der Waals surface area (Å²) >= 11 is 0. The predicted molar refractivity (Wildman–Crippen MR) is 83.1 cm³/mol. The second-order valence-corrected chi connectivity index (χ2v) is 6.23. The third-order valence-electron chi connectivity index (χ3n) is 3.48. The number of hydrogen-bond donors (Lipinski definition) is 1. The van der Waals surface area contributed by atoms with Gasteiger partial charge in [-0.05, 0) is 39.8 Å². The van der Waals surface area contributed by atoms with Gasteiger partial charge in [0.2, 0.25) is 0 Å². The molecule has 1 unspecified atom stereocenters. The van der Waals surface area contributed by atoms with Gasteiger partial charge < -0.3 is 15.0 Å². The van der Waals surface area contributed by atoms with Crippen LogP contribution in [0.1, 0.15) is 39.7 Å². The fourth-order valence-electron chi connectivity index (χ4n) is 2.87. The Morgan fingerprint density at radius 1 is 1.50 bits per heavy atom. The number of pyridine rings is 1. The van der Waals surface area contributed by atoms with Gasteiger partial charge in [-0.1, -0.05) is 13.0 Å². The van der Waals surface area contributed by atoms with Gasteiger partial charge in [0.1, 0.15) is 5.82 Å². The molecule has 1 fully saturated rings. The second-order valence-electron chi connectivity index (χ2n) is 6.23. The minimum absolute atomic E-state index is 0.122. The number of ether oxygens (including phenoxy) is 1. The predicted octanol–water partition coefficient (Wildman–Crippen LogP) is 2.58. The van der Waals surface area contributed by atoms with Crippen molar-refractivity contribution >= 4 is 5.82 Å². The van der Waals surface area contributed by atoms with E-state index in [9.17, 15) is 0 Å². The van der Waals surface area contributed by atoms with Crippen LogP contribution in [0.15, 0.2) is 18.3 Å². The zero-order chi connectivity index (χ0) is 14.6. The molecule has 1 atom stereocenters. The van der Waals surface area contributed by atoms with Crippen LogP contribution >= 0.6 is 0 Å². The number of anilines is 1. The molecule has 4 heteroatoms. The number of rotatable bonds is 5. The summed E-state index contributed by atoms with van der Waals surface area (Å²) < 4.78 is 5.98. The molecule has 0 spiro atoms. The summed E-state index contributed by atoms with van der Waals surface area (Å²) in [4.78, 5) is 6.97. The second kappa shape index (κ2) is 6.55. The summed E-state index contributed by atoms with van der Waals surface area (Å²) in [5.74, 6) is 1.10. The van der Waals surface area contributed by atoms with Gasteiger partial charge in [-0.3, -0.25) is 0 Å². The molecule has 4 nitrogen and oxygen atoms in total. The van der Waals surface area contributed by atoms with Crippen molar-refractivity contribution in [2.45, 2.75) is 52.4 Å². The zero-order valence-corrected chi connectivity index (χ0v) is 13.1. The smallest absolute Gasteiger partial charge is 0.133 e. The van der Waals surface area contributed by atoms with Crippen LogP contribution in [0.5, 0.6) is 0 Å². The molecule has 20 heavy (non-hydrogen) atoms. The van der Waals surface area contributed by atoms with Crippen molar-refractivity contribution in [3.05, 3.63) is 23.9 Å². The summed E-state index contributed by atoms with van der Waals surface area (Å²) in [7, 11) is 0. The van der Waals surface area contributed by atoms with E-state index in [1.165, 1.54) is 5.56 Å². The maximum atomic E-state index is 5.98. The molecule has 1 aromatic heterocycles. The molecule has 2 heterocycles. The van der Waals surface area contributed by atoms with Crippen molar-refractivity contribution in [3.8, 4) is 0 Å². The number of nitrogens with zero attached hydrogens (tertiary/aromatic N) is 2. The molecule has 0 aliphatic carbocycles. The molecule has 0 amide bonds. The van der Waals surface area contributed by atoms with Gasteiger partial charge in [-0.15, -0.1) is 0 Å².